The number of anilines is 2. The number of hydrogen-bond donors (Lipinski definition) is 2. The lowest BCUT2D eigenvalue weighted by molar-refractivity contribution is 0.266. The number of rotatable bonds is 3. The molecule has 21 heavy (non-hydrogen) atoms. The predicted octanol–water partition coefficient (Wildman–Crippen LogP) is 0.0773. The van der Waals surface area contributed by atoms with Crippen LogP contribution >= 0.6 is 0 Å². The highest BCUT2D eigenvalue weighted by Gasteiger charge is 2.30. The molecule has 0 saturated carbocycles. The van der Waals surface area contributed by atoms with Crippen molar-refractivity contribution in [1.29, 1.82) is 5.26 Å². The van der Waals surface area contributed by atoms with Gasteiger partial charge in [0.1, 0.15) is 17.5 Å². The molecular weight excluding hydrogens is 270 g/mol. The van der Waals surface area contributed by atoms with Crippen molar-refractivity contribution in [3.05, 3.63) is 23.9 Å². The van der Waals surface area contributed by atoms with E-state index in [1.165, 1.54) is 4.68 Å². The molecule has 0 aliphatic carbocycles. The molecule has 1 atom stereocenters. The van der Waals surface area contributed by atoms with Gasteiger partial charge in [-0.1, -0.05) is 0 Å². The van der Waals surface area contributed by atoms with Gasteiger partial charge in [-0.2, -0.15) is 15.0 Å². The fourth-order valence-corrected chi connectivity index (χ4v) is 2.61. The number of aliphatic hydroxyl groups excluding tert-OH is 1. The standard InChI is InChI=1S/C13H15N7O/c14-7-10-12(15)20(11-4-1-5-16-17-11)18-13(10)19-6-2-3-9(19)8-21/h1,4-5,9,21H,2-3,6,8,15H2. The first kappa shape index (κ1) is 13.3. The van der Waals surface area contributed by atoms with Gasteiger partial charge in [0.25, 0.3) is 0 Å². The van der Waals surface area contributed by atoms with Crippen LogP contribution in [-0.4, -0.2) is 44.3 Å². The van der Waals surface area contributed by atoms with E-state index in [4.69, 9.17) is 5.73 Å². The van der Waals surface area contributed by atoms with E-state index >= 15 is 0 Å². The SMILES string of the molecule is N#Cc1c(N2CCCC2CO)nn(-c2cccnn2)c1N. The molecule has 8 nitrogen and oxygen atoms in total. The largest absolute Gasteiger partial charge is 0.394 e. The average Bonchev–Trinajstić information content (AvgIpc) is 3.11. The molecule has 1 aliphatic rings. The molecule has 1 saturated heterocycles. The summed E-state index contributed by atoms with van der Waals surface area (Å²) >= 11 is 0. The monoisotopic (exact) mass is 285 g/mol. The van der Waals surface area contributed by atoms with Crippen LogP contribution in [0.25, 0.3) is 5.82 Å². The fraction of sp³-hybridized carbons (Fsp3) is 0.385. The van der Waals surface area contributed by atoms with Gasteiger partial charge in [-0.15, -0.1) is 10.2 Å². The first-order chi connectivity index (χ1) is 10.3. The maximum absolute atomic E-state index is 9.44. The van der Waals surface area contributed by atoms with Crippen LogP contribution in [-0.2, 0) is 0 Å². The van der Waals surface area contributed by atoms with E-state index in [1.807, 2.05) is 4.90 Å². The van der Waals surface area contributed by atoms with Crippen molar-refractivity contribution in [3.8, 4) is 11.9 Å². The third-order valence-electron chi connectivity index (χ3n) is 3.65. The minimum absolute atomic E-state index is 0.0262. The van der Waals surface area contributed by atoms with Gasteiger partial charge < -0.3 is 15.7 Å². The quantitative estimate of drug-likeness (QED) is 0.819. The van der Waals surface area contributed by atoms with Gasteiger partial charge in [0.2, 0.25) is 0 Å². The summed E-state index contributed by atoms with van der Waals surface area (Å²) in [6, 6.07) is 5.51. The Bertz CT molecular complexity index is 676. The minimum Gasteiger partial charge on any atom is -0.394 e. The fourth-order valence-electron chi connectivity index (χ4n) is 2.61. The zero-order chi connectivity index (χ0) is 14.8. The summed E-state index contributed by atoms with van der Waals surface area (Å²) in [7, 11) is 0. The van der Waals surface area contributed by atoms with Gasteiger partial charge >= 0.3 is 0 Å². The Kier molecular flexibility index (Phi) is 3.41. The molecule has 3 N–H and O–H groups in total. The van der Waals surface area contributed by atoms with E-state index in [0.717, 1.165) is 19.4 Å². The molecule has 108 valence electrons. The molecular formula is C13H15N7O. The van der Waals surface area contributed by atoms with E-state index < -0.39 is 0 Å². The van der Waals surface area contributed by atoms with Gasteiger partial charge in [0.05, 0.1) is 12.6 Å². The zero-order valence-electron chi connectivity index (χ0n) is 11.3. The van der Waals surface area contributed by atoms with Crippen molar-refractivity contribution >= 4 is 11.6 Å². The van der Waals surface area contributed by atoms with Crippen LogP contribution in [0.2, 0.25) is 0 Å². The number of nitrogens with zero attached hydrogens (tertiary/aromatic N) is 6. The summed E-state index contributed by atoms with van der Waals surface area (Å²) in [5, 5.41) is 31.0. The summed E-state index contributed by atoms with van der Waals surface area (Å²) < 4.78 is 1.41. The molecule has 0 spiro atoms. The Morgan fingerprint density at radius 3 is 3.05 bits per heavy atom. The highest BCUT2D eigenvalue weighted by atomic mass is 16.3. The molecule has 0 bridgehead atoms. The van der Waals surface area contributed by atoms with E-state index in [9.17, 15) is 10.4 Å². The molecule has 2 aromatic rings. The second-order valence-electron chi connectivity index (χ2n) is 4.86. The van der Waals surface area contributed by atoms with Gasteiger partial charge in [-0.3, -0.25) is 0 Å². The minimum atomic E-state index is -0.0262. The topological polar surface area (TPSA) is 117 Å². The first-order valence-electron chi connectivity index (χ1n) is 6.70. The van der Waals surface area contributed by atoms with Crippen LogP contribution in [0.15, 0.2) is 18.3 Å². The number of nitrogen functional groups attached to an aromatic ring is 1. The van der Waals surface area contributed by atoms with Crippen LogP contribution < -0.4 is 10.6 Å². The van der Waals surface area contributed by atoms with Gasteiger partial charge in [-0.05, 0) is 25.0 Å². The van der Waals surface area contributed by atoms with Crippen LogP contribution in [0.3, 0.4) is 0 Å². The van der Waals surface area contributed by atoms with Crippen molar-refractivity contribution < 1.29 is 5.11 Å². The van der Waals surface area contributed by atoms with Crippen molar-refractivity contribution in [3.63, 3.8) is 0 Å². The average molecular weight is 285 g/mol. The molecule has 8 heteroatoms. The first-order valence-corrected chi connectivity index (χ1v) is 6.70. The lowest BCUT2D eigenvalue weighted by Gasteiger charge is -2.22. The van der Waals surface area contributed by atoms with E-state index in [2.05, 4.69) is 21.4 Å². The van der Waals surface area contributed by atoms with E-state index in [-0.39, 0.29) is 18.5 Å². The maximum atomic E-state index is 9.44. The van der Waals surface area contributed by atoms with Crippen molar-refractivity contribution in [2.45, 2.75) is 18.9 Å². The predicted molar refractivity (Wildman–Crippen MR) is 75.7 cm³/mol. The van der Waals surface area contributed by atoms with Crippen LogP contribution in [0, 0.1) is 11.3 Å². The summed E-state index contributed by atoms with van der Waals surface area (Å²) in [6.45, 7) is 0.777. The number of aliphatic hydroxyl groups is 1. The lowest BCUT2D eigenvalue weighted by atomic mass is 10.2. The molecule has 2 aromatic heterocycles. The van der Waals surface area contributed by atoms with E-state index in [1.54, 1.807) is 18.3 Å². The number of nitrogens with two attached hydrogens (primary N) is 1. The molecule has 3 heterocycles. The third kappa shape index (κ3) is 2.17. The smallest absolute Gasteiger partial charge is 0.178 e. The van der Waals surface area contributed by atoms with Crippen LogP contribution in [0.4, 0.5) is 11.6 Å². The summed E-state index contributed by atoms with van der Waals surface area (Å²) in [5.41, 5.74) is 6.33. The van der Waals surface area contributed by atoms with Crippen LogP contribution in [0.5, 0.6) is 0 Å². The molecule has 0 radical (unpaired) electrons. The second-order valence-corrected chi connectivity index (χ2v) is 4.86. The second kappa shape index (κ2) is 5.38. The summed E-state index contributed by atoms with van der Waals surface area (Å²) in [4.78, 5) is 1.93. The Labute approximate surface area is 121 Å². The Balaban J connectivity index is 2.08. The number of nitriles is 1. The van der Waals surface area contributed by atoms with Crippen molar-refractivity contribution in [1.82, 2.24) is 20.0 Å². The Morgan fingerprint density at radius 1 is 1.52 bits per heavy atom. The van der Waals surface area contributed by atoms with Gasteiger partial charge in [0.15, 0.2) is 11.6 Å². The van der Waals surface area contributed by atoms with Gasteiger partial charge in [0, 0.05) is 12.7 Å². The highest BCUT2D eigenvalue weighted by Crippen LogP contribution is 2.31. The molecule has 0 aromatic carbocycles. The molecule has 1 fully saturated rings. The Morgan fingerprint density at radius 2 is 2.38 bits per heavy atom. The Hall–Kier alpha value is -2.66. The lowest BCUT2D eigenvalue weighted by Crippen LogP contribution is -2.33. The van der Waals surface area contributed by atoms with E-state index in [0.29, 0.717) is 17.2 Å². The normalized spacial score (nSPS) is 17.9. The molecule has 3 rings (SSSR count). The highest BCUT2D eigenvalue weighted by molar-refractivity contribution is 5.67. The molecule has 0 amide bonds. The molecule has 1 aliphatic heterocycles. The van der Waals surface area contributed by atoms with Gasteiger partial charge in [-0.25, -0.2) is 0 Å². The third-order valence-corrected chi connectivity index (χ3v) is 3.65. The maximum Gasteiger partial charge on any atom is 0.178 e. The van der Waals surface area contributed by atoms with Crippen LogP contribution in [0.1, 0.15) is 18.4 Å². The number of hydrogen-bond acceptors (Lipinski definition) is 7. The van der Waals surface area contributed by atoms with Crippen molar-refractivity contribution in [2.75, 3.05) is 23.8 Å². The zero-order valence-corrected chi connectivity index (χ0v) is 11.3. The molecule has 1 unspecified atom stereocenters. The summed E-state index contributed by atoms with van der Waals surface area (Å²) in [5.74, 6) is 1.19. The van der Waals surface area contributed by atoms with Crippen molar-refractivity contribution in [2.24, 2.45) is 0 Å². The number of aromatic nitrogens is 4. The summed E-state index contributed by atoms with van der Waals surface area (Å²) in [6.07, 6.45) is 3.38.